The fourth-order valence-corrected chi connectivity index (χ4v) is 3.91. The van der Waals surface area contributed by atoms with Crippen molar-refractivity contribution in [3.05, 3.63) is 81.4 Å². The van der Waals surface area contributed by atoms with E-state index in [1.807, 2.05) is 25.1 Å². The molecule has 3 aromatic carbocycles. The first-order valence-corrected chi connectivity index (χ1v) is 12.4. The van der Waals surface area contributed by atoms with Gasteiger partial charge in [0, 0.05) is 36.5 Å². The zero-order valence-corrected chi connectivity index (χ0v) is 22.1. The van der Waals surface area contributed by atoms with Crippen molar-refractivity contribution in [3.8, 4) is 11.5 Å². The number of ether oxygens (including phenoxy) is 2. The lowest BCUT2D eigenvalue weighted by atomic mass is 10.1. The largest absolute Gasteiger partial charge is 0.496 e. The Labute approximate surface area is 218 Å². The molecule has 0 aliphatic carbocycles. The summed E-state index contributed by atoms with van der Waals surface area (Å²) in [5, 5.41) is 20.2. The molecule has 0 saturated heterocycles. The van der Waals surface area contributed by atoms with Crippen molar-refractivity contribution in [1.29, 1.82) is 0 Å². The van der Waals surface area contributed by atoms with Gasteiger partial charge >= 0.3 is 0 Å². The number of aryl methyl sites for hydroxylation is 1. The summed E-state index contributed by atoms with van der Waals surface area (Å²) in [4.78, 5) is 13.4. The van der Waals surface area contributed by atoms with Crippen molar-refractivity contribution < 1.29 is 14.4 Å². The fourth-order valence-electron chi connectivity index (χ4n) is 3.91. The number of hydrogen-bond acceptors (Lipinski definition) is 7. The smallest absolute Gasteiger partial charge is 0.276 e. The molecule has 0 saturated carbocycles. The van der Waals surface area contributed by atoms with Gasteiger partial charge in [0.2, 0.25) is 0 Å². The maximum atomic E-state index is 11.5. The topological polar surface area (TPSA) is 89.6 Å². The van der Waals surface area contributed by atoms with Crippen LogP contribution in [0.3, 0.4) is 0 Å². The number of azo groups is 1. The standard InChI is InChI=1S/C29H34N4O4/c1-6-8-17-32(7-2)25-15-13-24(14-16-25)30-31-26-20-28(36-4)23(19-29(26)37-5)12-11-22-10-9-21(3)18-27(22)33(34)35/h9-16,18-20H,6-8,17H2,1-5H3/b12-11+,31-30?. The highest BCUT2D eigenvalue weighted by atomic mass is 16.6. The van der Waals surface area contributed by atoms with Crippen LogP contribution in [0.4, 0.5) is 22.7 Å². The van der Waals surface area contributed by atoms with Crippen molar-refractivity contribution in [1.82, 2.24) is 0 Å². The van der Waals surface area contributed by atoms with E-state index in [0.29, 0.717) is 28.3 Å². The predicted octanol–water partition coefficient (Wildman–Crippen LogP) is 8.13. The zero-order chi connectivity index (χ0) is 26.8. The number of methoxy groups -OCH3 is 2. The molecule has 3 rings (SSSR count). The Bertz CT molecular complexity index is 1270. The molecule has 0 atom stereocenters. The normalized spacial score (nSPS) is 11.3. The highest BCUT2D eigenvalue weighted by Gasteiger charge is 2.13. The first kappa shape index (κ1) is 27.4. The Balaban J connectivity index is 1.86. The first-order valence-electron chi connectivity index (χ1n) is 12.4. The molecule has 3 aromatic rings. The SMILES string of the molecule is CCCCN(CC)c1ccc(N=Nc2cc(OC)c(/C=C/c3ccc(C)cc3[N+](=O)[O-])cc2OC)cc1. The van der Waals surface area contributed by atoms with Crippen molar-refractivity contribution in [2.45, 2.75) is 33.6 Å². The molecule has 8 nitrogen and oxygen atoms in total. The third-order valence-electron chi connectivity index (χ3n) is 6.01. The maximum absolute atomic E-state index is 11.5. The number of nitro benzene ring substituents is 1. The van der Waals surface area contributed by atoms with Crippen LogP contribution in [0.25, 0.3) is 12.2 Å². The molecule has 0 radical (unpaired) electrons. The Morgan fingerprint density at radius 3 is 2.24 bits per heavy atom. The molecule has 0 bridgehead atoms. The van der Waals surface area contributed by atoms with E-state index in [0.717, 1.165) is 37.2 Å². The van der Waals surface area contributed by atoms with Gasteiger partial charge in [-0.05, 0) is 68.3 Å². The highest BCUT2D eigenvalue weighted by Crippen LogP contribution is 2.37. The Kier molecular flexibility index (Phi) is 9.77. The van der Waals surface area contributed by atoms with E-state index >= 15 is 0 Å². The number of nitro groups is 1. The monoisotopic (exact) mass is 502 g/mol. The van der Waals surface area contributed by atoms with Gasteiger partial charge in [0.25, 0.3) is 5.69 Å². The molecule has 0 aliphatic heterocycles. The molecule has 0 aliphatic rings. The van der Waals surface area contributed by atoms with E-state index in [4.69, 9.17) is 9.47 Å². The van der Waals surface area contributed by atoms with Crippen LogP contribution in [-0.2, 0) is 0 Å². The lowest BCUT2D eigenvalue weighted by Gasteiger charge is -2.22. The van der Waals surface area contributed by atoms with Crippen molar-refractivity contribution in [2.24, 2.45) is 10.2 Å². The van der Waals surface area contributed by atoms with Gasteiger partial charge in [-0.25, -0.2) is 0 Å². The second-order valence-corrected chi connectivity index (χ2v) is 8.57. The van der Waals surface area contributed by atoms with Crippen LogP contribution in [-0.4, -0.2) is 32.2 Å². The molecule has 0 aromatic heterocycles. The lowest BCUT2D eigenvalue weighted by Crippen LogP contribution is -2.23. The molecule has 0 unspecified atom stereocenters. The Morgan fingerprint density at radius 2 is 1.62 bits per heavy atom. The van der Waals surface area contributed by atoms with Gasteiger partial charge in [0.15, 0.2) is 0 Å². The minimum Gasteiger partial charge on any atom is -0.496 e. The summed E-state index contributed by atoms with van der Waals surface area (Å²) in [5.41, 5.74) is 4.48. The van der Waals surface area contributed by atoms with E-state index in [2.05, 4.69) is 41.1 Å². The molecule has 0 fully saturated rings. The number of nitrogens with zero attached hydrogens (tertiary/aromatic N) is 4. The van der Waals surface area contributed by atoms with E-state index in [-0.39, 0.29) is 10.6 Å². The number of rotatable bonds is 12. The van der Waals surface area contributed by atoms with Gasteiger partial charge in [-0.2, -0.15) is 5.11 Å². The first-order chi connectivity index (χ1) is 17.9. The molecule has 0 heterocycles. The zero-order valence-electron chi connectivity index (χ0n) is 22.1. The van der Waals surface area contributed by atoms with Crippen LogP contribution >= 0.6 is 0 Å². The number of benzene rings is 3. The third-order valence-corrected chi connectivity index (χ3v) is 6.01. The van der Waals surface area contributed by atoms with Crippen molar-refractivity contribution >= 4 is 34.9 Å². The van der Waals surface area contributed by atoms with E-state index in [9.17, 15) is 10.1 Å². The summed E-state index contributed by atoms with van der Waals surface area (Å²) in [6.07, 6.45) is 5.77. The third kappa shape index (κ3) is 7.16. The molecule has 0 N–H and O–H groups in total. The summed E-state index contributed by atoms with van der Waals surface area (Å²) in [7, 11) is 3.12. The summed E-state index contributed by atoms with van der Waals surface area (Å²) < 4.78 is 11.1. The second kappa shape index (κ2) is 13.2. The molecule has 37 heavy (non-hydrogen) atoms. The van der Waals surface area contributed by atoms with Crippen LogP contribution in [0.1, 0.15) is 43.4 Å². The summed E-state index contributed by atoms with van der Waals surface area (Å²) >= 11 is 0. The van der Waals surface area contributed by atoms with Crippen molar-refractivity contribution in [2.75, 3.05) is 32.2 Å². The maximum Gasteiger partial charge on any atom is 0.276 e. The number of anilines is 1. The minimum atomic E-state index is -0.383. The predicted molar refractivity (Wildman–Crippen MR) is 150 cm³/mol. The van der Waals surface area contributed by atoms with Crippen LogP contribution in [0.15, 0.2) is 64.8 Å². The van der Waals surface area contributed by atoms with Crippen LogP contribution in [0.2, 0.25) is 0 Å². The van der Waals surface area contributed by atoms with Gasteiger partial charge < -0.3 is 14.4 Å². The van der Waals surface area contributed by atoms with Crippen molar-refractivity contribution in [3.63, 3.8) is 0 Å². The van der Waals surface area contributed by atoms with Gasteiger partial charge in [-0.3, -0.25) is 10.1 Å². The Hall–Kier alpha value is -4.20. The van der Waals surface area contributed by atoms with E-state index < -0.39 is 0 Å². The van der Waals surface area contributed by atoms with Gasteiger partial charge in [-0.1, -0.05) is 25.5 Å². The molecule has 8 heteroatoms. The van der Waals surface area contributed by atoms with Gasteiger partial charge in [0.05, 0.1) is 30.4 Å². The molecule has 0 spiro atoms. The fraction of sp³-hybridized carbons (Fsp3) is 0.310. The van der Waals surface area contributed by atoms with E-state index in [1.54, 1.807) is 50.6 Å². The second-order valence-electron chi connectivity index (χ2n) is 8.57. The summed E-state index contributed by atoms with van der Waals surface area (Å²) in [6, 6.07) is 16.6. The van der Waals surface area contributed by atoms with Gasteiger partial charge in [-0.15, -0.1) is 5.11 Å². The van der Waals surface area contributed by atoms with Crippen LogP contribution < -0.4 is 14.4 Å². The molecular formula is C29H34N4O4. The van der Waals surface area contributed by atoms with Gasteiger partial charge in [0.1, 0.15) is 17.2 Å². The Morgan fingerprint density at radius 1 is 0.919 bits per heavy atom. The average Bonchev–Trinajstić information content (AvgIpc) is 2.91. The minimum absolute atomic E-state index is 0.0473. The molecular weight excluding hydrogens is 468 g/mol. The summed E-state index contributed by atoms with van der Waals surface area (Å²) in [5.74, 6) is 1.06. The number of hydrogen-bond donors (Lipinski definition) is 0. The summed E-state index contributed by atoms with van der Waals surface area (Å²) in [6.45, 7) is 8.16. The quantitative estimate of drug-likeness (QED) is 0.108. The van der Waals surface area contributed by atoms with Crippen LogP contribution in [0.5, 0.6) is 11.5 Å². The average molecular weight is 503 g/mol. The van der Waals surface area contributed by atoms with E-state index in [1.165, 1.54) is 5.69 Å². The highest BCUT2D eigenvalue weighted by molar-refractivity contribution is 5.78. The van der Waals surface area contributed by atoms with Crippen LogP contribution in [0, 0.1) is 17.0 Å². The molecule has 0 amide bonds. The lowest BCUT2D eigenvalue weighted by molar-refractivity contribution is -0.385. The molecule has 194 valence electrons. The number of unbranched alkanes of at least 4 members (excludes halogenated alkanes) is 1.